The van der Waals surface area contributed by atoms with Gasteiger partial charge in [0.15, 0.2) is 5.65 Å². The highest BCUT2D eigenvalue weighted by Gasteiger charge is 2.22. The standard InChI is InChI=1S/C19H28BrN7O2/c1-19(2,3)29-18(28)22-8-6-7-14-15(20)16(21)27-17(24-14)13(9-23-27)12-10-25(4)26(5)11-12/h9-10H,6-8,11,21H2,1-5H3,(H,22,28). The van der Waals surface area contributed by atoms with E-state index < -0.39 is 11.7 Å². The van der Waals surface area contributed by atoms with Gasteiger partial charge in [0.25, 0.3) is 0 Å². The second-order valence-corrected chi connectivity index (χ2v) is 8.92. The number of aromatic nitrogens is 3. The minimum Gasteiger partial charge on any atom is -0.444 e. The molecular formula is C19H28BrN7O2. The molecule has 0 spiro atoms. The molecule has 0 bridgehead atoms. The monoisotopic (exact) mass is 465 g/mol. The van der Waals surface area contributed by atoms with Crippen molar-refractivity contribution in [1.82, 2.24) is 29.9 Å². The molecule has 0 fully saturated rings. The normalized spacial score (nSPS) is 15.1. The van der Waals surface area contributed by atoms with Crippen LogP contribution in [0.3, 0.4) is 0 Å². The van der Waals surface area contributed by atoms with E-state index in [1.807, 2.05) is 39.9 Å². The Bertz CT molecular complexity index is 948. The third-order valence-corrected chi connectivity index (χ3v) is 5.44. The number of amides is 1. The number of hydrogen-bond donors (Lipinski definition) is 2. The first kappa shape index (κ1) is 21.4. The van der Waals surface area contributed by atoms with Crippen molar-refractivity contribution in [3.8, 4) is 0 Å². The second-order valence-electron chi connectivity index (χ2n) is 8.13. The number of nitrogen functional groups attached to an aromatic ring is 1. The molecule has 0 unspecified atom stereocenters. The smallest absolute Gasteiger partial charge is 0.407 e. The van der Waals surface area contributed by atoms with Crippen LogP contribution in [0.5, 0.6) is 0 Å². The fourth-order valence-corrected chi connectivity index (χ4v) is 3.53. The van der Waals surface area contributed by atoms with Gasteiger partial charge in [-0.25, -0.2) is 14.8 Å². The van der Waals surface area contributed by atoms with E-state index in [1.165, 1.54) is 0 Å². The quantitative estimate of drug-likeness (QED) is 0.654. The zero-order valence-corrected chi connectivity index (χ0v) is 19.1. The predicted octanol–water partition coefficient (Wildman–Crippen LogP) is 2.66. The Labute approximate surface area is 179 Å². The van der Waals surface area contributed by atoms with E-state index in [0.717, 1.165) is 33.5 Å². The lowest BCUT2D eigenvalue weighted by Crippen LogP contribution is -2.33. The van der Waals surface area contributed by atoms with Crippen molar-refractivity contribution in [2.45, 2.75) is 39.2 Å². The lowest BCUT2D eigenvalue weighted by atomic mass is 10.1. The largest absolute Gasteiger partial charge is 0.444 e. The number of hydrogen-bond acceptors (Lipinski definition) is 7. The summed E-state index contributed by atoms with van der Waals surface area (Å²) >= 11 is 3.54. The van der Waals surface area contributed by atoms with Gasteiger partial charge >= 0.3 is 6.09 Å². The van der Waals surface area contributed by atoms with Gasteiger partial charge < -0.3 is 20.8 Å². The van der Waals surface area contributed by atoms with Gasteiger partial charge in [-0.1, -0.05) is 0 Å². The molecule has 29 heavy (non-hydrogen) atoms. The number of ether oxygens (including phenoxy) is 1. The van der Waals surface area contributed by atoms with Gasteiger partial charge in [0.05, 0.1) is 16.4 Å². The van der Waals surface area contributed by atoms with Gasteiger partial charge in [0, 0.05) is 38.9 Å². The topological polar surface area (TPSA) is 101 Å². The minimum atomic E-state index is -0.510. The molecule has 2 aromatic rings. The molecule has 3 N–H and O–H groups in total. The van der Waals surface area contributed by atoms with Crippen molar-refractivity contribution in [3.63, 3.8) is 0 Å². The SMILES string of the molecule is CN1C=C(c2cnn3c(N)c(Br)c(CCCNC(=O)OC(C)(C)C)nc23)CN1C. The lowest BCUT2D eigenvalue weighted by molar-refractivity contribution is 0.0527. The van der Waals surface area contributed by atoms with Gasteiger partial charge in [0.2, 0.25) is 0 Å². The highest BCUT2D eigenvalue weighted by molar-refractivity contribution is 9.10. The van der Waals surface area contributed by atoms with E-state index in [1.54, 1.807) is 10.7 Å². The molecular weight excluding hydrogens is 438 g/mol. The summed E-state index contributed by atoms with van der Waals surface area (Å²) in [6.45, 7) is 6.78. The van der Waals surface area contributed by atoms with Crippen LogP contribution in [0.15, 0.2) is 16.9 Å². The minimum absolute atomic E-state index is 0.418. The number of nitrogens with one attached hydrogen (secondary N) is 1. The van der Waals surface area contributed by atoms with Crippen molar-refractivity contribution in [2.75, 3.05) is 32.9 Å². The zero-order chi connectivity index (χ0) is 21.3. The maximum Gasteiger partial charge on any atom is 0.407 e. The van der Waals surface area contributed by atoms with Crippen molar-refractivity contribution < 1.29 is 9.53 Å². The number of nitrogens with zero attached hydrogens (tertiary/aromatic N) is 5. The molecule has 0 saturated heterocycles. The fourth-order valence-electron chi connectivity index (χ4n) is 3.07. The highest BCUT2D eigenvalue weighted by atomic mass is 79.9. The summed E-state index contributed by atoms with van der Waals surface area (Å²) in [5.74, 6) is 0.511. The summed E-state index contributed by atoms with van der Waals surface area (Å²) < 4.78 is 7.63. The Morgan fingerprint density at radius 2 is 2.10 bits per heavy atom. The third-order valence-electron chi connectivity index (χ3n) is 4.58. The number of halogens is 1. The van der Waals surface area contributed by atoms with Crippen molar-refractivity contribution in [3.05, 3.63) is 28.1 Å². The lowest BCUT2D eigenvalue weighted by Gasteiger charge is -2.19. The molecule has 0 saturated carbocycles. The van der Waals surface area contributed by atoms with Crippen LogP contribution in [0, 0.1) is 0 Å². The van der Waals surface area contributed by atoms with Crippen molar-refractivity contribution in [1.29, 1.82) is 0 Å². The molecule has 0 aromatic carbocycles. The van der Waals surface area contributed by atoms with Crippen LogP contribution in [-0.2, 0) is 11.2 Å². The zero-order valence-electron chi connectivity index (χ0n) is 17.5. The molecule has 1 amide bonds. The van der Waals surface area contributed by atoms with E-state index >= 15 is 0 Å². The van der Waals surface area contributed by atoms with Crippen LogP contribution in [0.2, 0.25) is 0 Å². The van der Waals surface area contributed by atoms with Gasteiger partial charge in [-0.15, -0.1) is 0 Å². The Morgan fingerprint density at radius 3 is 2.72 bits per heavy atom. The van der Waals surface area contributed by atoms with Gasteiger partial charge in [-0.2, -0.15) is 9.61 Å². The van der Waals surface area contributed by atoms with Crippen molar-refractivity contribution in [2.24, 2.45) is 0 Å². The van der Waals surface area contributed by atoms with E-state index in [-0.39, 0.29) is 0 Å². The highest BCUT2D eigenvalue weighted by Crippen LogP contribution is 2.30. The van der Waals surface area contributed by atoms with Gasteiger partial charge in [0.1, 0.15) is 11.4 Å². The van der Waals surface area contributed by atoms with Crippen LogP contribution in [-0.4, -0.2) is 63.5 Å². The number of fused-ring (bicyclic) bond motifs is 1. The Hall–Kier alpha value is -2.33. The van der Waals surface area contributed by atoms with Crippen LogP contribution in [0.25, 0.3) is 11.2 Å². The maximum atomic E-state index is 11.8. The summed E-state index contributed by atoms with van der Waals surface area (Å²) in [5.41, 5.74) is 9.45. The van der Waals surface area contributed by atoms with Crippen LogP contribution >= 0.6 is 15.9 Å². The van der Waals surface area contributed by atoms with E-state index in [9.17, 15) is 4.79 Å². The van der Waals surface area contributed by atoms with Crippen LogP contribution in [0.1, 0.15) is 38.4 Å². The summed E-state index contributed by atoms with van der Waals surface area (Å²) in [7, 11) is 4.02. The Morgan fingerprint density at radius 1 is 1.38 bits per heavy atom. The molecule has 0 atom stereocenters. The van der Waals surface area contributed by atoms with Crippen LogP contribution < -0.4 is 11.1 Å². The number of aryl methyl sites for hydroxylation is 1. The van der Waals surface area contributed by atoms with Crippen molar-refractivity contribution >= 4 is 39.1 Å². The number of carbonyl (C=O) groups is 1. The molecule has 1 aliphatic heterocycles. The average molecular weight is 466 g/mol. The summed E-state index contributed by atoms with van der Waals surface area (Å²) in [6.07, 6.45) is 4.82. The number of alkyl carbamates (subject to hydrolysis) is 1. The molecule has 0 aliphatic carbocycles. The number of hydrazine groups is 1. The number of likely N-dealkylation sites (N-methyl/N-ethyl adjacent to an activating group) is 1. The fraction of sp³-hybridized carbons (Fsp3) is 0.526. The Kier molecular flexibility index (Phi) is 6.04. The summed E-state index contributed by atoms with van der Waals surface area (Å²) in [6, 6.07) is 0. The van der Waals surface area contributed by atoms with E-state index in [4.69, 9.17) is 15.5 Å². The van der Waals surface area contributed by atoms with Gasteiger partial charge in [-0.3, -0.25) is 0 Å². The first-order valence-electron chi connectivity index (χ1n) is 9.50. The van der Waals surface area contributed by atoms with Crippen LogP contribution in [0.4, 0.5) is 10.6 Å². The predicted molar refractivity (Wildman–Crippen MR) is 116 cm³/mol. The number of anilines is 1. The summed E-state index contributed by atoms with van der Waals surface area (Å²) in [4.78, 5) is 16.6. The number of carbonyl (C=O) groups excluding carboxylic acids is 1. The molecule has 3 rings (SSSR count). The van der Waals surface area contributed by atoms with E-state index in [2.05, 4.69) is 37.6 Å². The van der Waals surface area contributed by atoms with E-state index in [0.29, 0.717) is 25.2 Å². The number of rotatable bonds is 5. The average Bonchev–Trinajstić information content (AvgIpc) is 3.17. The molecule has 158 valence electrons. The molecule has 0 radical (unpaired) electrons. The first-order chi connectivity index (χ1) is 13.6. The molecule has 2 aromatic heterocycles. The number of nitrogens with two attached hydrogens (primary N) is 1. The second kappa shape index (κ2) is 8.19. The third kappa shape index (κ3) is 4.81. The molecule has 3 heterocycles. The summed E-state index contributed by atoms with van der Waals surface area (Å²) in [5, 5.41) is 11.3. The molecule has 10 heteroatoms. The maximum absolute atomic E-state index is 11.8. The molecule has 9 nitrogen and oxygen atoms in total. The van der Waals surface area contributed by atoms with Gasteiger partial charge in [-0.05, 0) is 55.1 Å². The Balaban J connectivity index is 1.74. The first-order valence-corrected chi connectivity index (χ1v) is 10.3. The molecule has 1 aliphatic rings.